The minimum Gasteiger partial charge on any atom is -0.498 e. The molecule has 3 heterocycles. The van der Waals surface area contributed by atoms with Gasteiger partial charge in [-0.2, -0.15) is 0 Å². The first-order valence-electron chi connectivity index (χ1n) is 12.5. The lowest BCUT2D eigenvalue weighted by molar-refractivity contribution is 0.203. The van der Waals surface area contributed by atoms with Crippen molar-refractivity contribution in [1.29, 1.82) is 0 Å². The van der Waals surface area contributed by atoms with E-state index in [0.29, 0.717) is 24.4 Å². The summed E-state index contributed by atoms with van der Waals surface area (Å²) in [5, 5.41) is 0. The monoisotopic (exact) mass is 485 g/mol. The number of ether oxygens (including phenoxy) is 1. The molecule has 3 aliphatic heterocycles. The number of aliphatic imine (C=N–C) groups is 3. The van der Waals surface area contributed by atoms with Gasteiger partial charge in [-0.1, -0.05) is 48.9 Å². The van der Waals surface area contributed by atoms with Crippen LogP contribution in [-0.4, -0.2) is 30.4 Å². The number of hydrogen-bond acceptors (Lipinski definition) is 4. The topological polar surface area (TPSA) is 46.3 Å². The molecule has 4 nitrogen and oxygen atoms in total. The number of amidine groups is 1. The van der Waals surface area contributed by atoms with E-state index in [1.165, 1.54) is 34.4 Å². The van der Waals surface area contributed by atoms with E-state index in [4.69, 9.17) is 9.73 Å². The molecule has 2 aromatic carbocycles. The van der Waals surface area contributed by atoms with Crippen molar-refractivity contribution in [3.63, 3.8) is 0 Å². The van der Waals surface area contributed by atoms with E-state index < -0.39 is 11.6 Å². The Labute approximate surface area is 210 Å². The number of rotatable bonds is 5. The lowest BCUT2D eigenvalue weighted by Gasteiger charge is -2.16. The summed E-state index contributed by atoms with van der Waals surface area (Å²) in [7, 11) is 0. The molecule has 0 amide bonds. The Kier molecular flexibility index (Phi) is 7.03. The van der Waals surface area contributed by atoms with Crippen molar-refractivity contribution in [2.75, 3.05) is 6.61 Å². The van der Waals surface area contributed by atoms with Crippen LogP contribution in [0.15, 0.2) is 86.6 Å². The van der Waals surface area contributed by atoms with Crippen molar-refractivity contribution in [3.05, 3.63) is 100.0 Å². The van der Waals surface area contributed by atoms with Gasteiger partial charge in [-0.05, 0) is 61.1 Å². The van der Waals surface area contributed by atoms with Crippen LogP contribution in [0.3, 0.4) is 0 Å². The molecule has 2 aromatic rings. The molecule has 6 heteroatoms. The molecule has 0 N–H and O–H groups in total. The average molecular weight is 486 g/mol. The number of benzene rings is 2. The van der Waals surface area contributed by atoms with Gasteiger partial charge in [0.15, 0.2) is 17.5 Å². The third-order valence-corrected chi connectivity index (χ3v) is 6.79. The van der Waals surface area contributed by atoms with Crippen LogP contribution in [0.1, 0.15) is 56.2 Å². The number of halogens is 2. The lowest BCUT2D eigenvalue weighted by atomic mass is 9.96. The molecule has 0 aromatic heterocycles. The zero-order valence-electron chi connectivity index (χ0n) is 20.6. The predicted molar refractivity (Wildman–Crippen MR) is 142 cm³/mol. The van der Waals surface area contributed by atoms with E-state index in [9.17, 15) is 8.78 Å². The number of aryl methyl sites for hydroxylation is 1. The Morgan fingerprint density at radius 1 is 1.06 bits per heavy atom. The number of fused-ring (bicyclic) bond motifs is 1. The highest BCUT2D eigenvalue weighted by Gasteiger charge is 2.23. The molecule has 0 fully saturated rings. The van der Waals surface area contributed by atoms with Crippen molar-refractivity contribution in [1.82, 2.24) is 0 Å². The minimum atomic E-state index is -0.939. The van der Waals surface area contributed by atoms with E-state index in [0.717, 1.165) is 37.5 Å². The first-order valence-corrected chi connectivity index (χ1v) is 12.5. The Balaban J connectivity index is 1.35. The van der Waals surface area contributed by atoms with Gasteiger partial charge in [-0.3, -0.25) is 4.99 Å². The average Bonchev–Trinajstić information content (AvgIpc) is 3.17. The van der Waals surface area contributed by atoms with Crippen LogP contribution < -0.4 is 0 Å². The SMILES string of the molecule is CCc1ccc(C2=C(C)CCOC(CC3CCC=C4N=C(c5cccc(F)c5F)N=C4C=N3)=C2)cc1. The molecule has 5 rings (SSSR count). The van der Waals surface area contributed by atoms with Gasteiger partial charge in [0.1, 0.15) is 5.71 Å². The van der Waals surface area contributed by atoms with Crippen LogP contribution >= 0.6 is 0 Å². The molecule has 0 spiro atoms. The second kappa shape index (κ2) is 10.5. The largest absolute Gasteiger partial charge is 0.498 e. The molecule has 1 atom stereocenters. The molecule has 3 aliphatic rings. The fourth-order valence-electron chi connectivity index (χ4n) is 4.62. The van der Waals surface area contributed by atoms with E-state index in [-0.39, 0.29) is 17.4 Å². The van der Waals surface area contributed by atoms with E-state index in [2.05, 4.69) is 54.2 Å². The maximum Gasteiger partial charge on any atom is 0.169 e. The van der Waals surface area contributed by atoms with Gasteiger partial charge in [-0.25, -0.2) is 18.8 Å². The lowest BCUT2D eigenvalue weighted by Crippen LogP contribution is -2.13. The summed E-state index contributed by atoms with van der Waals surface area (Å²) in [5.41, 5.74) is 6.34. The fraction of sp³-hybridized carbons (Fsp3) is 0.300. The van der Waals surface area contributed by atoms with E-state index in [1.807, 2.05) is 6.08 Å². The molecule has 0 bridgehead atoms. The van der Waals surface area contributed by atoms with E-state index >= 15 is 0 Å². The van der Waals surface area contributed by atoms with E-state index in [1.54, 1.807) is 6.21 Å². The number of allylic oxidation sites excluding steroid dienone is 4. The summed E-state index contributed by atoms with van der Waals surface area (Å²) >= 11 is 0. The van der Waals surface area contributed by atoms with Crippen molar-refractivity contribution >= 4 is 23.3 Å². The first-order chi connectivity index (χ1) is 17.5. The van der Waals surface area contributed by atoms with Gasteiger partial charge in [0.05, 0.1) is 29.7 Å². The van der Waals surface area contributed by atoms with Gasteiger partial charge >= 0.3 is 0 Å². The second-order valence-electron chi connectivity index (χ2n) is 9.29. The van der Waals surface area contributed by atoms with Crippen LogP contribution in [0.25, 0.3) is 5.57 Å². The molecule has 0 radical (unpaired) electrons. The molecule has 0 aliphatic carbocycles. The Morgan fingerprint density at radius 3 is 2.69 bits per heavy atom. The highest BCUT2D eigenvalue weighted by atomic mass is 19.2. The van der Waals surface area contributed by atoms with Crippen LogP contribution in [0.4, 0.5) is 8.78 Å². The first kappa shape index (κ1) is 24.0. The Bertz CT molecular complexity index is 1350. The molecule has 36 heavy (non-hydrogen) atoms. The minimum absolute atomic E-state index is 0.0221. The quantitative estimate of drug-likeness (QED) is 0.449. The zero-order valence-corrected chi connectivity index (χ0v) is 20.6. The summed E-state index contributed by atoms with van der Waals surface area (Å²) in [6.07, 6.45) is 10.0. The summed E-state index contributed by atoms with van der Waals surface area (Å²) in [6.45, 7) is 4.98. The highest BCUT2D eigenvalue weighted by Crippen LogP contribution is 2.30. The highest BCUT2D eigenvalue weighted by molar-refractivity contribution is 6.43. The van der Waals surface area contributed by atoms with Gasteiger partial charge in [0.2, 0.25) is 0 Å². The Hall–Kier alpha value is -3.67. The van der Waals surface area contributed by atoms with Crippen LogP contribution in [-0.2, 0) is 11.2 Å². The molecule has 1 unspecified atom stereocenters. The number of nitrogens with zero attached hydrogens (tertiary/aromatic N) is 3. The standard InChI is InChI=1S/C30H29F2N3O/c1-3-20-10-12-21(13-11-20)25-17-23(36-15-14-19(25)2)16-22-6-4-9-27-28(18-33-22)35-30(34-27)24-7-5-8-26(31)29(24)32/h5,7-13,17-18,22H,3-4,6,14-16H2,1-2H3. The Morgan fingerprint density at radius 2 is 1.89 bits per heavy atom. The fourth-order valence-corrected chi connectivity index (χ4v) is 4.62. The smallest absolute Gasteiger partial charge is 0.169 e. The molecule has 184 valence electrons. The van der Waals surface area contributed by atoms with Gasteiger partial charge in [-0.15, -0.1) is 0 Å². The molecular formula is C30H29F2N3O. The third kappa shape index (κ3) is 5.13. The summed E-state index contributed by atoms with van der Waals surface area (Å²) in [6, 6.07) is 12.8. The second-order valence-corrected chi connectivity index (χ2v) is 9.29. The van der Waals surface area contributed by atoms with Gasteiger partial charge < -0.3 is 4.74 Å². The maximum absolute atomic E-state index is 14.3. The third-order valence-electron chi connectivity index (χ3n) is 6.79. The van der Waals surface area contributed by atoms with Crippen LogP contribution in [0.5, 0.6) is 0 Å². The van der Waals surface area contributed by atoms with Crippen LogP contribution in [0, 0.1) is 11.6 Å². The summed E-state index contributed by atoms with van der Waals surface area (Å²) < 4.78 is 34.1. The van der Waals surface area contributed by atoms with Crippen molar-refractivity contribution in [3.8, 4) is 0 Å². The maximum atomic E-state index is 14.3. The van der Waals surface area contributed by atoms with Crippen molar-refractivity contribution < 1.29 is 13.5 Å². The van der Waals surface area contributed by atoms with Crippen molar-refractivity contribution in [2.24, 2.45) is 15.0 Å². The van der Waals surface area contributed by atoms with Crippen molar-refractivity contribution in [2.45, 2.75) is 52.0 Å². The predicted octanol–water partition coefficient (Wildman–Crippen LogP) is 7.01. The number of hydrogen-bond donors (Lipinski definition) is 0. The zero-order chi connectivity index (χ0) is 25.1. The van der Waals surface area contributed by atoms with Crippen LogP contribution in [0.2, 0.25) is 0 Å². The summed E-state index contributed by atoms with van der Waals surface area (Å²) in [4.78, 5) is 13.7. The van der Waals surface area contributed by atoms with Gasteiger partial charge in [0.25, 0.3) is 0 Å². The molecule has 0 saturated carbocycles. The normalized spacial score (nSPS) is 19.8. The summed E-state index contributed by atoms with van der Waals surface area (Å²) in [5.74, 6) is -0.747. The molecule has 0 saturated heterocycles. The molecular weight excluding hydrogens is 456 g/mol. The van der Waals surface area contributed by atoms with Gasteiger partial charge in [0, 0.05) is 19.1 Å².